The number of likely N-dealkylation sites (N-methyl/N-ethyl adjacent to an activating group) is 1. The summed E-state index contributed by atoms with van der Waals surface area (Å²) in [7, 11) is 0. The van der Waals surface area contributed by atoms with Crippen LogP contribution in [0.3, 0.4) is 0 Å². The average molecular weight is 255 g/mol. The van der Waals surface area contributed by atoms with Crippen LogP contribution in [0.15, 0.2) is 0 Å². The molecule has 1 fully saturated rings. The summed E-state index contributed by atoms with van der Waals surface area (Å²) in [4.78, 5) is 14.5. The molecule has 0 bridgehead atoms. The van der Waals surface area contributed by atoms with E-state index >= 15 is 0 Å². The number of hydrogen-bond acceptors (Lipinski definition) is 3. The molecule has 1 heterocycles. The zero-order chi connectivity index (χ0) is 13.4. The van der Waals surface area contributed by atoms with Crippen LogP contribution in [0, 0.1) is 0 Å². The molecule has 0 saturated carbocycles. The third kappa shape index (κ3) is 4.25. The van der Waals surface area contributed by atoms with E-state index in [9.17, 15) is 4.79 Å². The van der Waals surface area contributed by atoms with Crippen LogP contribution in [-0.2, 0) is 4.79 Å². The van der Waals surface area contributed by atoms with E-state index in [4.69, 9.17) is 0 Å². The molecule has 18 heavy (non-hydrogen) atoms. The second-order valence-electron chi connectivity index (χ2n) is 5.06. The number of piperazine rings is 1. The van der Waals surface area contributed by atoms with Gasteiger partial charge in [0.15, 0.2) is 0 Å². The van der Waals surface area contributed by atoms with Gasteiger partial charge in [-0.2, -0.15) is 0 Å². The molecule has 1 aliphatic rings. The van der Waals surface area contributed by atoms with Gasteiger partial charge in [-0.05, 0) is 19.8 Å². The Balaban J connectivity index is 2.64. The fourth-order valence-corrected chi connectivity index (χ4v) is 2.74. The lowest BCUT2D eigenvalue weighted by Gasteiger charge is -2.40. The van der Waals surface area contributed by atoms with Gasteiger partial charge in [0.2, 0.25) is 5.91 Å². The van der Waals surface area contributed by atoms with Crippen LogP contribution in [-0.4, -0.2) is 49.1 Å². The van der Waals surface area contributed by atoms with Crippen molar-refractivity contribution in [3.05, 3.63) is 0 Å². The van der Waals surface area contributed by atoms with E-state index in [-0.39, 0.29) is 11.9 Å². The van der Waals surface area contributed by atoms with Crippen LogP contribution in [0.2, 0.25) is 0 Å². The van der Waals surface area contributed by atoms with Crippen LogP contribution >= 0.6 is 0 Å². The van der Waals surface area contributed by atoms with E-state index in [1.807, 2.05) is 6.92 Å². The number of amides is 1. The molecule has 0 radical (unpaired) electrons. The first-order chi connectivity index (χ1) is 8.74. The number of nitrogens with one attached hydrogen (secondary N) is 2. The Morgan fingerprint density at radius 1 is 1.44 bits per heavy atom. The van der Waals surface area contributed by atoms with Crippen molar-refractivity contribution < 1.29 is 4.79 Å². The van der Waals surface area contributed by atoms with Gasteiger partial charge in [-0.3, -0.25) is 9.69 Å². The van der Waals surface area contributed by atoms with Crippen molar-refractivity contribution in [3.63, 3.8) is 0 Å². The van der Waals surface area contributed by atoms with Gasteiger partial charge in [0.05, 0.1) is 0 Å². The van der Waals surface area contributed by atoms with Crippen molar-refractivity contribution in [1.29, 1.82) is 0 Å². The molecular weight excluding hydrogens is 226 g/mol. The Morgan fingerprint density at radius 2 is 2.22 bits per heavy atom. The van der Waals surface area contributed by atoms with Gasteiger partial charge >= 0.3 is 0 Å². The maximum Gasteiger partial charge on any atom is 0.238 e. The first kappa shape index (κ1) is 15.4. The molecule has 2 N–H and O–H groups in total. The van der Waals surface area contributed by atoms with E-state index in [1.54, 1.807) is 0 Å². The Labute approximate surface area is 111 Å². The minimum Gasteiger partial charge on any atom is -0.355 e. The number of rotatable bonds is 7. The highest BCUT2D eigenvalue weighted by molar-refractivity contribution is 5.82. The molecule has 1 saturated heterocycles. The van der Waals surface area contributed by atoms with Crippen molar-refractivity contribution in [2.45, 2.75) is 58.5 Å². The van der Waals surface area contributed by atoms with Gasteiger partial charge in [-0.25, -0.2) is 0 Å². The van der Waals surface area contributed by atoms with E-state index in [1.165, 1.54) is 19.3 Å². The topological polar surface area (TPSA) is 44.4 Å². The molecule has 0 aromatic carbocycles. The molecule has 0 aliphatic carbocycles. The zero-order valence-electron chi connectivity index (χ0n) is 12.2. The Hall–Kier alpha value is -0.610. The minimum absolute atomic E-state index is 0.0144. The number of carbonyl (C=O) groups is 1. The van der Waals surface area contributed by atoms with Crippen LogP contribution in [0.25, 0.3) is 0 Å². The molecule has 2 unspecified atom stereocenters. The van der Waals surface area contributed by atoms with Crippen LogP contribution in [0.5, 0.6) is 0 Å². The first-order valence-corrected chi connectivity index (χ1v) is 7.48. The molecule has 0 spiro atoms. The van der Waals surface area contributed by atoms with Crippen molar-refractivity contribution >= 4 is 5.91 Å². The van der Waals surface area contributed by atoms with Gasteiger partial charge in [0.25, 0.3) is 0 Å². The molecule has 0 aromatic rings. The lowest BCUT2D eigenvalue weighted by atomic mass is 10.0. The summed E-state index contributed by atoms with van der Waals surface area (Å²) in [5.74, 6) is 0.180. The smallest absolute Gasteiger partial charge is 0.238 e. The Bertz CT molecular complexity index is 245. The van der Waals surface area contributed by atoms with Crippen molar-refractivity contribution in [1.82, 2.24) is 15.5 Å². The highest BCUT2D eigenvalue weighted by Crippen LogP contribution is 2.17. The fraction of sp³-hybridized carbons (Fsp3) is 0.929. The van der Waals surface area contributed by atoms with E-state index in [0.717, 1.165) is 32.6 Å². The van der Waals surface area contributed by atoms with Gasteiger partial charge in [-0.1, -0.05) is 26.7 Å². The van der Waals surface area contributed by atoms with Crippen molar-refractivity contribution in [3.8, 4) is 0 Å². The molecule has 2 atom stereocenters. The van der Waals surface area contributed by atoms with Crippen LogP contribution in [0.1, 0.15) is 46.5 Å². The van der Waals surface area contributed by atoms with E-state index in [0.29, 0.717) is 6.04 Å². The predicted molar refractivity (Wildman–Crippen MR) is 75.7 cm³/mol. The largest absolute Gasteiger partial charge is 0.355 e. The van der Waals surface area contributed by atoms with Crippen molar-refractivity contribution in [2.75, 3.05) is 26.2 Å². The lowest BCUT2D eigenvalue weighted by Crippen LogP contribution is -2.60. The first-order valence-electron chi connectivity index (χ1n) is 7.48. The van der Waals surface area contributed by atoms with E-state index < -0.39 is 0 Å². The number of nitrogens with zero attached hydrogens (tertiary/aromatic N) is 1. The van der Waals surface area contributed by atoms with Crippen LogP contribution in [0.4, 0.5) is 0 Å². The van der Waals surface area contributed by atoms with Gasteiger partial charge in [-0.15, -0.1) is 0 Å². The maximum absolute atomic E-state index is 12.1. The van der Waals surface area contributed by atoms with Crippen molar-refractivity contribution in [2.24, 2.45) is 0 Å². The molecule has 0 aromatic heterocycles. The molecular formula is C14H29N3O. The highest BCUT2D eigenvalue weighted by atomic mass is 16.2. The molecule has 4 nitrogen and oxygen atoms in total. The third-order valence-corrected chi connectivity index (χ3v) is 3.77. The molecule has 106 valence electrons. The molecule has 4 heteroatoms. The summed E-state index contributed by atoms with van der Waals surface area (Å²) >= 11 is 0. The Morgan fingerprint density at radius 3 is 2.83 bits per heavy atom. The summed E-state index contributed by atoms with van der Waals surface area (Å²) in [6.07, 6.45) is 4.83. The summed E-state index contributed by atoms with van der Waals surface area (Å²) in [5.41, 5.74) is 0. The number of carbonyl (C=O) groups excluding carboxylic acids is 1. The lowest BCUT2D eigenvalue weighted by molar-refractivity contribution is -0.128. The summed E-state index contributed by atoms with van der Waals surface area (Å²) in [6.45, 7) is 9.93. The standard InChI is InChI=1S/C14H29N3O/c1-4-7-8-12(5-2)17-10-9-15-11-13(17)14(18)16-6-3/h12-13,15H,4-11H2,1-3H3,(H,16,18). The quantitative estimate of drug-likeness (QED) is 0.722. The van der Waals surface area contributed by atoms with Gasteiger partial charge in [0.1, 0.15) is 6.04 Å². The average Bonchev–Trinajstić information content (AvgIpc) is 2.40. The fourth-order valence-electron chi connectivity index (χ4n) is 2.74. The molecule has 1 rings (SSSR count). The van der Waals surface area contributed by atoms with Gasteiger partial charge in [0, 0.05) is 32.2 Å². The number of hydrogen-bond donors (Lipinski definition) is 2. The minimum atomic E-state index is 0.0144. The van der Waals surface area contributed by atoms with Crippen LogP contribution < -0.4 is 10.6 Å². The summed E-state index contributed by atoms with van der Waals surface area (Å²) < 4.78 is 0. The highest BCUT2D eigenvalue weighted by Gasteiger charge is 2.32. The maximum atomic E-state index is 12.1. The molecule has 1 aliphatic heterocycles. The normalized spacial score (nSPS) is 22.7. The second kappa shape index (κ2) is 8.48. The zero-order valence-corrected chi connectivity index (χ0v) is 12.2. The third-order valence-electron chi connectivity index (χ3n) is 3.77. The second-order valence-corrected chi connectivity index (χ2v) is 5.06. The van der Waals surface area contributed by atoms with Gasteiger partial charge < -0.3 is 10.6 Å². The number of unbranched alkanes of at least 4 members (excludes halogenated alkanes) is 1. The molecule has 1 amide bonds. The summed E-state index contributed by atoms with van der Waals surface area (Å²) in [6, 6.07) is 0.570. The predicted octanol–water partition coefficient (Wildman–Crippen LogP) is 1.37. The monoisotopic (exact) mass is 255 g/mol. The Kier molecular flexibility index (Phi) is 7.28. The van der Waals surface area contributed by atoms with E-state index in [2.05, 4.69) is 29.4 Å². The SMILES string of the molecule is CCCCC(CC)N1CCNCC1C(=O)NCC. The summed E-state index contributed by atoms with van der Waals surface area (Å²) in [5, 5.41) is 6.30.